The highest BCUT2D eigenvalue weighted by atomic mass is 32.2. The zero-order chi connectivity index (χ0) is 18.4. The van der Waals surface area contributed by atoms with E-state index in [1.165, 1.54) is 11.8 Å². The van der Waals surface area contributed by atoms with Crippen molar-refractivity contribution < 1.29 is 14.1 Å². The van der Waals surface area contributed by atoms with Crippen LogP contribution in [0.15, 0.2) is 52.4 Å². The van der Waals surface area contributed by atoms with Crippen LogP contribution in [0.5, 0.6) is 5.75 Å². The second kappa shape index (κ2) is 8.43. The van der Waals surface area contributed by atoms with Crippen LogP contribution in [0.1, 0.15) is 18.9 Å². The second-order valence-corrected chi connectivity index (χ2v) is 6.24. The maximum atomic E-state index is 12.1. The van der Waals surface area contributed by atoms with E-state index in [4.69, 9.17) is 9.26 Å². The Balaban J connectivity index is 1.57. The molecule has 134 valence electrons. The number of carbonyl (C=O) groups is 1. The van der Waals surface area contributed by atoms with Crippen LogP contribution in [-0.4, -0.2) is 38.9 Å². The Kier molecular flexibility index (Phi) is 5.80. The van der Waals surface area contributed by atoms with Crippen molar-refractivity contribution >= 4 is 17.7 Å². The first kappa shape index (κ1) is 17.9. The molecule has 26 heavy (non-hydrogen) atoms. The number of methoxy groups -OCH3 is 1. The first-order valence-corrected chi connectivity index (χ1v) is 8.81. The number of rotatable bonds is 7. The third-order valence-corrected chi connectivity index (χ3v) is 4.29. The summed E-state index contributed by atoms with van der Waals surface area (Å²) in [6.07, 6.45) is 3.27. The number of nitrogens with zero attached hydrogens (tertiary/aromatic N) is 4. The van der Waals surface area contributed by atoms with Crippen molar-refractivity contribution in [2.75, 3.05) is 12.9 Å². The van der Waals surface area contributed by atoms with Gasteiger partial charge in [0.2, 0.25) is 17.6 Å². The highest BCUT2D eigenvalue weighted by Gasteiger charge is 2.17. The number of aromatic nitrogens is 4. The summed E-state index contributed by atoms with van der Waals surface area (Å²) in [6, 6.07) is 8.64. The van der Waals surface area contributed by atoms with Crippen LogP contribution in [0, 0.1) is 0 Å². The van der Waals surface area contributed by atoms with Gasteiger partial charge in [0.15, 0.2) is 5.16 Å². The molecular weight excluding hydrogens is 354 g/mol. The van der Waals surface area contributed by atoms with Crippen molar-refractivity contribution in [3.8, 4) is 17.1 Å². The minimum atomic E-state index is -0.403. The minimum Gasteiger partial charge on any atom is -0.497 e. The van der Waals surface area contributed by atoms with Gasteiger partial charge in [0.25, 0.3) is 0 Å². The Hall–Kier alpha value is -2.94. The molecule has 0 aliphatic rings. The molecule has 2 aromatic heterocycles. The van der Waals surface area contributed by atoms with E-state index in [9.17, 15) is 4.79 Å². The molecule has 1 atom stereocenters. The topological polar surface area (TPSA) is 103 Å². The number of hydrogen-bond acceptors (Lipinski definition) is 8. The Morgan fingerprint density at radius 2 is 2.00 bits per heavy atom. The quantitative estimate of drug-likeness (QED) is 0.499. The predicted molar refractivity (Wildman–Crippen MR) is 95.6 cm³/mol. The zero-order valence-corrected chi connectivity index (χ0v) is 15.1. The summed E-state index contributed by atoms with van der Waals surface area (Å²) in [5.41, 5.74) is 0.802. The summed E-state index contributed by atoms with van der Waals surface area (Å²) < 4.78 is 10.4. The van der Waals surface area contributed by atoms with Crippen molar-refractivity contribution in [3.05, 3.63) is 48.6 Å². The molecule has 0 fully saturated rings. The molecule has 0 radical (unpaired) electrons. The minimum absolute atomic E-state index is 0.167. The molecule has 0 saturated heterocycles. The average Bonchev–Trinajstić information content (AvgIpc) is 3.18. The van der Waals surface area contributed by atoms with Crippen molar-refractivity contribution in [1.82, 2.24) is 25.4 Å². The predicted octanol–water partition coefficient (Wildman–Crippen LogP) is 2.50. The van der Waals surface area contributed by atoms with Crippen LogP contribution < -0.4 is 10.1 Å². The molecule has 2 heterocycles. The van der Waals surface area contributed by atoms with Gasteiger partial charge in [-0.15, -0.1) is 0 Å². The fourth-order valence-corrected chi connectivity index (χ4v) is 2.72. The monoisotopic (exact) mass is 371 g/mol. The van der Waals surface area contributed by atoms with Crippen LogP contribution in [0.4, 0.5) is 0 Å². The maximum absolute atomic E-state index is 12.1. The molecule has 1 N–H and O–H groups in total. The first-order valence-electron chi connectivity index (χ1n) is 7.83. The van der Waals surface area contributed by atoms with Gasteiger partial charge >= 0.3 is 0 Å². The molecule has 8 nitrogen and oxygen atoms in total. The van der Waals surface area contributed by atoms with E-state index in [-0.39, 0.29) is 11.7 Å². The molecule has 3 rings (SSSR count). The number of hydrogen-bond donors (Lipinski definition) is 1. The van der Waals surface area contributed by atoms with E-state index in [2.05, 4.69) is 25.4 Å². The van der Waals surface area contributed by atoms with E-state index in [1.54, 1.807) is 32.5 Å². The van der Waals surface area contributed by atoms with Gasteiger partial charge < -0.3 is 14.6 Å². The van der Waals surface area contributed by atoms with E-state index >= 15 is 0 Å². The first-order chi connectivity index (χ1) is 12.7. The van der Waals surface area contributed by atoms with Crippen LogP contribution in [-0.2, 0) is 4.79 Å². The Morgan fingerprint density at radius 3 is 2.69 bits per heavy atom. The Morgan fingerprint density at radius 1 is 1.27 bits per heavy atom. The third kappa shape index (κ3) is 4.57. The van der Waals surface area contributed by atoms with E-state index in [0.717, 1.165) is 11.3 Å². The largest absolute Gasteiger partial charge is 0.497 e. The van der Waals surface area contributed by atoms with Gasteiger partial charge in [0.1, 0.15) is 11.8 Å². The highest BCUT2D eigenvalue weighted by molar-refractivity contribution is 7.99. The number of thioether (sulfide) groups is 1. The molecule has 9 heteroatoms. The lowest BCUT2D eigenvalue weighted by molar-refractivity contribution is -0.119. The summed E-state index contributed by atoms with van der Waals surface area (Å²) in [6.45, 7) is 1.78. The van der Waals surface area contributed by atoms with Gasteiger partial charge in [0.05, 0.1) is 12.9 Å². The molecule has 0 bridgehead atoms. The third-order valence-electron chi connectivity index (χ3n) is 3.41. The highest BCUT2D eigenvalue weighted by Crippen LogP contribution is 2.21. The van der Waals surface area contributed by atoms with Crippen LogP contribution in [0.25, 0.3) is 11.4 Å². The zero-order valence-electron chi connectivity index (χ0n) is 14.2. The number of nitrogens with one attached hydrogen (secondary N) is 1. The van der Waals surface area contributed by atoms with Gasteiger partial charge in [-0.2, -0.15) is 4.98 Å². The van der Waals surface area contributed by atoms with Crippen LogP contribution >= 0.6 is 11.8 Å². The summed E-state index contributed by atoms with van der Waals surface area (Å²) in [5, 5.41) is 7.33. The molecule has 0 saturated carbocycles. The van der Waals surface area contributed by atoms with Crippen molar-refractivity contribution in [1.29, 1.82) is 0 Å². The average molecular weight is 371 g/mol. The van der Waals surface area contributed by atoms with Gasteiger partial charge in [-0.1, -0.05) is 16.9 Å². The summed E-state index contributed by atoms with van der Waals surface area (Å²) in [5.74, 6) is 1.58. The molecule has 1 amide bonds. The van der Waals surface area contributed by atoms with E-state index in [0.29, 0.717) is 16.9 Å². The molecule has 1 aromatic carbocycles. The lowest BCUT2D eigenvalue weighted by Crippen LogP contribution is -2.28. The van der Waals surface area contributed by atoms with Crippen molar-refractivity contribution in [2.45, 2.75) is 18.1 Å². The Bertz CT molecular complexity index is 854. The summed E-state index contributed by atoms with van der Waals surface area (Å²) in [4.78, 5) is 24.5. The lowest BCUT2D eigenvalue weighted by atomic mass is 10.2. The van der Waals surface area contributed by atoms with Crippen molar-refractivity contribution in [3.63, 3.8) is 0 Å². The Labute approximate surface area is 154 Å². The second-order valence-electron chi connectivity index (χ2n) is 5.29. The number of benzene rings is 1. The number of amides is 1. The fourth-order valence-electron chi connectivity index (χ4n) is 2.10. The van der Waals surface area contributed by atoms with Crippen LogP contribution in [0.3, 0.4) is 0 Å². The molecule has 3 aromatic rings. The number of ether oxygens (including phenoxy) is 1. The van der Waals surface area contributed by atoms with E-state index < -0.39 is 6.04 Å². The summed E-state index contributed by atoms with van der Waals surface area (Å²) in [7, 11) is 1.61. The van der Waals surface area contributed by atoms with E-state index in [1.807, 2.05) is 24.3 Å². The normalized spacial score (nSPS) is 11.8. The summed E-state index contributed by atoms with van der Waals surface area (Å²) >= 11 is 1.26. The smallest absolute Gasteiger partial charge is 0.249 e. The molecule has 0 spiro atoms. The van der Waals surface area contributed by atoms with Gasteiger partial charge in [-0.3, -0.25) is 4.79 Å². The molecule has 0 aliphatic carbocycles. The van der Waals surface area contributed by atoms with Gasteiger partial charge in [-0.05, 0) is 37.3 Å². The molecular formula is C17H17N5O3S. The number of carbonyl (C=O) groups excluding carboxylic acids is 1. The van der Waals surface area contributed by atoms with Gasteiger partial charge in [-0.25, -0.2) is 9.97 Å². The molecule has 0 unspecified atom stereocenters. The fraction of sp³-hybridized carbons (Fsp3) is 0.235. The van der Waals surface area contributed by atoms with Gasteiger partial charge in [0, 0.05) is 18.0 Å². The lowest BCUT2D eigenvalue weighted by Gasteiger charge is -2.08. The SMILES string of the molecule is COc1ccc(-c2noc([C@H](C)NC(=O)CSc3ncccn3)n2)cc1. The maximum Gasteiger partial charge on any atom is 0.249 e. The standard InChI is InChI=1S/C17H17N5O3S/c1-11(20-14(23)10-26-17-18-8-3-9-19-17)16-21-15(22-25-16)12-4-6-13(24-2)7-5-12/h3-9,11H,10H2,1-2H3,(H,20,23)/t11-/m0/s1. The molecule has 0 aliphatic heterocycles. The van der Waals surface area contributed by atoms with Crippen molar-refractivity contribution in [2.24, 2.45) is 0 Å². The van der Waals surface area contributed by atoms with Crippen LogP contribution in [0.2, 0.25) is 0 Å².